The number of aromatic nitrogens is 1. The standard InChI is InChI=1S/C15H22N2O4/c1-11-6-8-17(12(18)9-11)10-15(2,3)14(21)16-7-4-5-13(19)20/h6,8-9H,4-5,7,10H2,1-3H3,(H,16,21)(H,19,20). The highest BCUT2D eigenvalue weighted by atomic mass is 16.4. The van der Waals surface area contributed by atoms with Crippen LogP contribution in [0.15, 0.2) is 23.1 Å². The number of nitrogens with zero attached hydrogens (tertiary/aromatic N) is 1. The Hall–Kier alpha value is -2.11. The number of amides is 1. The molecule has 0 aliphatic heterocycles. The fraction of sp³-hybridized carbons (Fsp3) is 0.533. The number of carboxylic acids is 1. The zero-order valence-corrected chi connectivity index (χ0v) is 12.7. The van der Waals surface area contributed by atoms with Crippen LogP contribution in [0, 0.1) is 12.3 Å². The molecule has 21 heavy (non-hydrogen) atoms. The van der Waals surface area contributed by atoms with E-state index in [9.17, 15) is 14.4 Å². The number of aryl methyl sites for hydroxylation is 1. The molecule has 0 atom stereocenters. The fourth-order valence-corrected chi connectivity index (χ4v) is 1.92. The normalized spacial score (nSPS) is 11.2. The van der Waals surface area contributed by atoms with Crippen LogP contribution in [0.1, 0.15) is 32.3 Å². The Kier molecular flexibility index (Phi) is 5.69. The molecular weight excluding hydrogens is 272 g/mol. The van der Waals surface area contributed by atoms with Gasteiger partial charge in [0.05, 0.1) is 5.41 Å². The van der Waals surface area contributed by atoms with Crippen LogP contribution in [0.4, 0.5) is 0 Å². The fourth-order valence-electron chi connectivity index (χ4n) is 1.92. The molecule has 1 amide bonds. The molecule has 0 fully saturated rings. The lowest BCUT2D eigenvalue weighted by Gasteiger charge is -2.24. The van der Waals surface area contributed by atoms with E-state index in [1.807, 2.05) is 13.0 Å². The van der Waals surface area contributed by atoms with Gasteiger partial charge in [-0.25, -0.2) is 0 Å². The van der Waals surface area contributed by atoms with Crippen LogP contribution in [0.2, 0.25) is 0 Å². The average Bonchev–Trinajstić information content (AvgIpc) is 2.37. The predicted octanol–water partition coefficient (Wildman–Crippen LogP) is 1.16. The van der Waals surface area contributed by atoms with Crippen LogP contribution in [0.3, 0.4) is 0 Å². The molecule has 1 aromatic heterocycles. The Morgan fingerprint density at radius 2 is 2.05 bits per heavy atom. The van der Waals surface area contributed by atoms with Gasteiger partial charge in [0.15, 0.2) is 0 Å². The Morgan fingerprint density at radius 1 is 1.38 bits per heavy atom. The van der Waals surface area contributed by atoms with Gasteiger partial charge < -0.3 is 15.0 Å². The largest absolute Gasteiger partial charge is 0.481 e. The first-order valence-electron chi connectivity index (χ1n) is 6.89. The van der Waals surface area contributed by atoms with Crippen molar-refractivity contribution in [2.24, 2.45) is 5.41 Å². The van der Waals surface area contributed by atoms with E-state index >= 15 is 0 Å². The van der Waals surface area contributed by atoms with E-state index in [1.165, 1.54) is 10.6 Å². The summed E-state index contributed by atoms with van der Waals surface area (Å²) in [6.45, 7) is 5.94. The van der Waals surface area contributed by atoms with Gasteiger partial charge in [0.25, 0.3) is 5.56 Å². The number of hydrogen-bond donors (Lipinski definition) is 2. The van der Waals surface area contributed by atoms with Crippen LogP contribution in [0.25, 0.3) is 0 Å². The summed E-state index contributed by atoms with van der Waals surface area (Å²) in [5.41, 5.74) is -0.00333. The highest BCUT2D eigenvalue weighted by molar-refractivity contribution is 5.81. The molecule has 0 unspecified atom stereocenters. The topological polar surface area (TPSA) is 88.4 Å². The van der Waals surface area contributed by atoms with Gasteiger partial charge in [0, 0.05) is 31.8 Å². The molecule has 0 aliphatic rings. The van der Waals surface area contributed by atoms with Gasteiger partial charge in [0.1, 0.15) is 0 Å². The van der Waals surface area contributed by atoms with Crippen molar-refractivity contribution in [3.63, 3.8) is 0 Å². The highest BCUT2D eigenvalue weighted by Crippen LogP contribution is 2.17. The van der Waals surface area contributed by atoms with Gasteiger partial charge in [-0.05, 0) is 38.8 Å². The van der Waals surface area contributed by atoms with Crippen molar-refractivity contribution >= 4 is 11.9 Å². The van der Waals surface area contributed by atoms with Gasteiger partial charge in [-0.2, -0.15) is 0 Å². The molecule has 116 valence electrons. The molecular formula is C15H22N2O4. The third-order valence-electron chi connectivity index (χ3n) is 3.18. The zero-order chi connectivity index (χ0) is 16.0. The quantitative estimate of drug-likeness (QED) is 0.739. The molecule has 1 rings (SSSR count). The minimum absolute atomic E-state index is 0.0259. The number of carbonyl (C=O) groups excluding carboxylic acids is 1. The van der Waals surface area contributed by atoms with Gasteiger partial charge in [-0.3, -0.25) is 14.4 Å². The molecule has 0 radical (unpaired) electrons. The Balaban J connectivity index is 2.61. The van der Waals surface area contributed by atoms with Crippen molar-refractivity contribution < 1.29 is 14.7 Å². The second-order valence-electron chi connectivity index (χ2n) is 5.81. The summed E-state index contributed by atoms with van der Waals surface area (Å²) in [5, 5.41) is 11.2. The van der Waals surface area contributed by atoms with E-state index in [0.29, 0.717) is 13.0 Å². The highest BCUT2D eigenvalue weighted by Gasteiger charge is 2.28. The molecule has 6 heteroatoms. The number of nitrogens with one attached hydrogen (secondary N) is 1. The second-order valence-corrected chi connectivity index (χ2v) is 5.81. The number of carboxylic acid groups (broad SMARTS) is 1. The maximum Gasteiger partial charge on any atom is 0.303 e. The predicted molar refractivity (Wildman–Crippen MR) is 79.1 cm³/mol. The van der Waals surface area contributed by atoms with Crippen molar-refractivity contribution in [1.82, 2.24) is 9.88 Å². The lowest BCUT2D eigenvalue weighted by Crippen LogP contribution is -2.41. The maximum absolute atomic E-state index is 12.1. The monoisotopic (exact) mass is 294 g/mol. The summed E-state index contributed by atoms with van der Waals surface area (Å²) in [6, 6.07) is 3.35. The zero-order valence-electron chi connectivity index (χ0n) is 12.7. The van der Waals surface area contributed by atoms with Crippen LogP contribution >= 0.6 is 0 Å². The summed E-state index contributed by atoms with van der Waals surface area (Å²) < 4.78 is 1.50. The van der Waals surface area contributed by atoms with Crippen LogP contribution in [-0.2, 0) is 16.1 Å². The third kappa shape index (κ3) is 5.41. The van der Waals surface area contributed by atoms with Crippen molar-refractivity contribution in [2.75, 3.05) is 6.54 Å². The third-order valence-corrected chi connectivity index (χ3v) is 3.18. The molecule has 0 aromatic carbocycles. The van der Waals surface area contributed by atoms with Crippen LogP contribution in [-0.4, -0.2) is 28.1 Å². The minimum atomic E-state index is -0.880. The van der Waals surface area contributed by atoms with E-state index in [2.05, 4.69) is 5.32 Å². The lowest BCUT2D eigenvalue weighted by molar-refractivity contribution is -0.137. The molecule has 1 heterocycles. The van der Waals surface area contributed by atoms with Crippen molar-refractivity contribution in [3.05, 3.63) is 34.2 Å². The minimum Gasteiger partial charge on any atom is -0.481 e. The Labute approximate surface area is 123 Å². The van der Waals surface area contributed by atoms with Gasteiger partial charge in [0.2, 0.25) is 5.91 Å². The first kappa shape index (κ1) is 16.9. The SMILES string of the molecule is Cc1ccn(CC(C)(C)C(=O)NCCCC(=O)O)c(=O)c1. The molecule has 1 aromatic rings. The van der Waals surface area contributed by atoms with Gasteiger partial charge in [-0.15, -0.1) is 0 Å². The lowest BCUT2D eigenvalue weighted by atomic mass is 9.92. The molecule has 0 spiro atoms. The first-order chi connectivity index (χ1) is 9.72. The Morgan fingerprint density at radius 3 is 2.62 bits per heavy atom. The van der Waals surface area contributed by atoms with Crippen molar-refractivity contribution in [2.45, 2.75) is 40.2 Å². The number of pyridine rings is 1. The molecule has 0 aliphatic carbocycles. The maximum atomic E-state index is 12.1. The number of rotatable bonds is 7. The van der Waals surface area contributed by atoms with E-state index < -0.39 is 11.4 Å². The summed E-state index contributed by atoms with van der Waals surface area (Å²) in [7, 11) is 0. The summed E-state index contributed by atoms with van der Waals surface area (Å²) in [5.74, 6) is -1.07. The van der Waals surface area contributed by atoms with E-state index in [1.54, 1.807) is 20.0 Å². The molecule has 2 N–H and O–H groups in total. The molecule has 0 bridgehead atoms. The van der Waals surface area contributed by atoms with E-state index in [4.69, 9.17) is 5.11 Å². The first-order valence-corrected chi connectivity index (χ1v) is 6.89. The van der Waals surface area contributed by atoms with E-state index in [-0.39, 0.29) is 24.4 Å². The van der Waals surface area contributed by atoms with Crippen LogP contribution in [0.5, 0.6) is 0 Å². The Bertz CT molecular complexity index is 575. The molecule has 6 nitrogen and oxygen atoms in total. The number of carbonyl (C=O) groups is 2. The van der Waals surface area contributed by atoms with Crippen molar-refractivity contribution in [1.29, 1.82) is 0 Å². The van der Waals surface area contributed by atoms with Crippen molar-refractivity contribution in [3.8, 4) is 0 Å². The van der Waals surface area contributed by atoms with E-state index in [0.717, 1.165) is 5.56 Å². The second kappa shape index (κ2) is 7.06. The average molecular weight is 294 g/mol. The number of hydrogen-bond acceptors (Lipinski definition) is 3. The summed E-state index contributed by atoms with van der Waals surface area (Å²) >= 11 is 0. The van der Waals surface area contributed by atoms with Crippen LogP contribution < -0.4 is 10.9 Å². The molecule has 0 saturated heterocycles. The summed E-state index contributed by atoms with van der Waals surface area (Å²) in [4.78, 5) is 34.4. The number of aliphatic carboxylic acids is 1. The van der Waals surface area contributed by atoms with Gasteiger partial charge in [-0.1, -0.05) is 0 Å². The van der Waals surface area contributed by atoms with Gasteiger partial charge >= 0.3 is 5.97 Å². The summed E-state index contributed by atoms with van der Waals surface area (Å²) in [6.07, 6.45) is 2.09. The smallest absolute Gasteiger partial charge is 0.303 e. The molecule has 0 saturated carbocycles.